The van der Waals surface area contributed by atoms with Crippen molar-refractivity contribution in [2.45, 2.75) is 29.2 Å². The van der Waals surface area contributed by atoms with Crippen LogP contribution in [-0.4, -0.2) is 30.1 Å². The average Bonchev–Trinajstić information content (AvgIpc) is 3.24. The summed E-state index contributed by atoms with van der Waals surface area (Å²) in [7, 11) is 0. The van der Waals surface area contributed by atoms with E-state index in [-0.39, 0.29) is 17.3 Å². The van der Waals surface area contributed by atoms with E-state index < -0.39 is 0 Å². The molecule has 0 spiro atoms. The summed E-state index contributed by atoms with van der Waals surface area (Å²) in [6.07, 6.45) is 2.21. The number of fused-ring (bicyclic) bond motifs is 1. The van der Waals surface area contributed by atoms with Crippen molar-refractivity contribution >= 4 is 28.6 Å². The van der Waals surface area contributed by atoms with Crippen LogP contribution in [0.5, 0.6) is 0 Å². The molecule has 1 saturated heterocycles. The predicted octanol–water partition coefficient (Wildman–Crippen LogP) is 4.36. The third-order valence-electron chi connectivity index (χ3n) is 4.68. The van der Waals surface area contributed by atoms with Gasteiger partial charge in [-0.1, -0.05) is 66.4 Å². The van der Waals surface area contributed by atoms with Crippen molar-refractivity contribution < 1.29 is 9.53 Å². The number of nitrogens with one attached hydrogen (secondary N) is 1. The van der Waals surface area contributed by atoms with Gasteiger partial charge in [-0.25, -0.2) is 4.98 Å². The molecule has 3 aromatic rings. The summed E-state index contributed by atoms with van der Waals surface area (Å²) in [5, 5.41) is 4.66. The van der Waals surface area contributed by atoms with Gasteiger partial charge in [-0.15, -0.1) is 0 Å². The van der Waals surface area contributed by atoms with E-state index in [0.29, 0.717) is 6.54 Å². The first kappa shape index (κ1) is 18.0. The highest BCUT2D eigenvalue weighted by atomic mass is 32.2. The molecule has 1 aliphatic rings. The van der Waals surface area contributed by atoms with Gasteiger partial charge in [-0.05, 0) is 30.5 Å². The van der Waals surface area contributed by atoms with Crippen LogP contribution in [0, 0.1) is 0 Å². The predicted molar refractivity (Wildman–Crippen MR) is 109 cm³/mol. The fourth-order valence-corrected chi connectivity index (χ4v) is 4.27. The van der Waals surface area contributed by atoms with Gasteiger partial charge in [0.1, 0.15) is 5.25 Å². The van der Waals surface area contributed by atoms with Gasteiger partial charge in [0.15, 0.2) is 0 Å². The summed E-state index contributed by atoms with van der Waals surface area (Å²) in [5.74, 6) is -0.00309. The summed E-state index contributed by atoms with van der Waals surface area (Å²) in [5.41, 5.74) is 1.91. The van der Waals surface area contributed by atoms with Crippen molar-refractivity contribution in [3.8, 4) is 0 Å². The number of aromatic nitrogens is 1. The first-order valence-electron chi connectivity index (χ1n) is 9.26. The summed E-state index contributed by atoms with van der Waals surface area (Å²) < 4.78 is 5.62. The molecule has 2 atom stereocenters. The second kappa shape index (κ2) is 8.55. The van der Waals surface area contributed by atoms with E-state index in [1.807, 2.05) is 60.7 Å². The zero-order chi connectivity index (χ0) is 18.5. The summed E-state index contributed by atoms with van der Waals surface area (Å²) in [6.45, 7) is 1.35. The third-order valence-corrected chi connectivity index (χ3v) is 5.87. The standard InChI is InChI=1S/C22H22N2O2S/c25-22(23-15-18-10-6-14-26-18)21(17-8-2-1-3-9-17)27-20-13-12-16-7-4-5-11-19(16)24-20/h1-5,7-9,11-13,18,21H,6,10,14-15H2,(H,23,25)/t18-,21-/m1/s1. The van der Waals surface area contributed by atoms with Crippen LogP contribution in [0.4, 0.5) is 0 Å². The lowest BCUT2D eigenvalue weighted by Gasteiger charge is -2.18. The van der Waals surface area contributed by atoms with Crippen molar-refractivity contribution in [1.82, 2.24) is 10.3 Å². The molecule has 4 nitrogen and oxygen atoms in total. The number of pyridine rings is 1. The Kier molecular flexibility index (Phi) is 5.70. The smallest absolute Gasteiger partial charge is 0.238 e. The second-order valence-electron chi connectivity index (χ2n) is 6.63. The van der Waals surface area contributed by atoms with Crippen LogP contribution in [0.25, 0.3) is 10.9 Å². The lowest BCUT2D eigenvalue weighted by molar-refractivity contribution is -0.121. The summed E-state index contributed by atoms with van der Waals surface area (Å²) >= 11 is 1.48. The van der Waals surface area contributed by atoms with Crippen molar-refractivity contribution in [3.63, 3.8) is 0 Å². The average molecular weight is 378 g/mol. The number of para-hydroxylation sites is 1. The van der Waals surface area contributed by atoms with Crippen molar-refractivity contribution in [2.24, 2.45) is 0 Å². The van der Waals surface area contributed by atoms with Gasteiger partial charge in [0.25, 0.3) is 0 Å². The summed E-state index contributed by atoms with van der Waals surface area (Å²) in [6, 6.07) is 21.9. The molecule has 1 aromatic heterocycles. The lowest BCUT2D eigenvalue weighted by atomic mass is 10.1. The number of benzene rings is 2. The molecular weight excluding hydrogens is 356 g/mol. The summed E-state index contributed by atoms with van der Waals surface area (Å²) in [4.78, 5) is 17.7. The van der Waals surface area contributed by atoms with Gasteiger partial charge in [-0.3, -0.25) is 4.79 Å². The molecule has 2 aromatic carbocycles. The van der Waals surface area contributed by atoms with Crippen LogP contribution in [-0.2, 0) is 9.53 Å². The lowest BCUT2D eigenvalue weighted by Crippen LogP contribution is -2.34. The molecule has 5 heteroatoms. The maximum atomic E-state index is 13.0. The van der Waals surface area contributed by atoms with Gasteiger partial charge in [0.05, 0.1) is 16.6 Å². The van der Waals surface area contributed by atoms with E-state index in [1.54, 1.807) is 0 Å². The number of amides is 1. The maximum Gasteiger partial charge on any atom is 0.238 e. The van der Waals surface area contributed by atoms with E-state index in [9.17, 15) is 4.79 Å². The van der Waals surface area contributed by atoms with Gasteiger partial charge < -0.3 is 10.1 Å². The fourth-order valence-electron chi connectivity index (χ4n) is 3.25. The molecular formula is C22H22N2O2S. The van der Waals surface area contributed by atoms with Crippen LogP contribution in [0.1, 0.15) is 23.7 Å². The zero-order valence-electron chi connectivity index (χ0n) is 15.0. The molecule has 1 aliphatic heterocycles. The van der Waals surface area contributed by atoms with Crippen molar-refractivity contribution in [3.05, 3.63) is 72.3 Å². The van der Waals surface area contributed by atoms with Crippen LogP contribution in [0.3, 0.4) is 0 Å². The monoisotopic (exact) mass is 378 g/mol. The van der Waals surface area contributed by atoms with Crippen molar-refractivity contribution in [1.29, 1.82) is 0 Å². The van der Waals surface area contributed by atoms with Gasteiger partial charge >= 0.3 is 0 Å². The minimum Gasteiger partial charge on any atom is -0.376 e. The Bertz CT molecular complexity index is 910. The molecule has 0 saturated carbocycles. The van der Waals surface area contributed by atoms with E-state index in [1.165, 1.54) is 11.8 Å². The van der Waals surface area contributed by atoms with Gasteiger partial charge in [0, 0.05) is 18.5 Å². The number of hydrogen-bond acceptors (Lipinski definition) is 4. The topological polar surface area (TPSA) is 51.2 Å². The number of thioether (sulfide) groups is 1. The first-order chi connectivity index (χ1) is 13.3. The van der Waals surface area contributed by atoms with E-state index in [0.717, 1.165) is 40.9 Å². The minimum absolute atomic E-state index is 0.00309. The van der Waals surface area contributed by atoms with Crippen LogP contribution >= 0.6 is 11.8 Å². The van der Waals surface area contributed by atoms with E-state index in [2.05, 4.69) is 11.4 Å². The van der Waals surface area contributed by atoms with Crippen LogP contribution in [0.2, 0.25) is 0 Å². The first-order valence-corrected chi connectivity index (χ1v) is 10.1. The Morgan fingerprint density at radius 1 is 1.11 bits per heavy atom. The Morgan fingerprint density at radius 2 is 1.93 bits per heavy atom. The molecule has 27 heavy (non-hydrogen) atoms. The Morgan fingerprint density at radius 3 is 2.74 bits per heavy atom. The molecule has 0 unspecified atom stereocenters. The molecule has 0 aliphatic carbocycles. The number of carbonyl (C=O) groups excluding carboxylic acids is 1. The highest BCUT2D eigenvalue weighted by Gasteiger charge is 2.24. The SMILES string of the molecule is O=C(NC[C@H]1CCCO1)[C@H](Sc1ccc2ccccc2n1)c1ccccc1. The number of rotatable bonds is 6. The molecule has 1 fully saturated rings. The number of nitrogens with zero attached hydrogens (tertiary/aromatic N) is 1. The molecule has 0 radical (unpaired) electrons. The van der Waals surface area contributed by atoms with E-state index >= 15 is 0 Å². The normalized spacial score (nSPS) is 17.7. The molecule has 138 valence electrons. The Labute approximate surface area is 163 Å². The minimum atomic E-state index is -0.346. The van der Waals surface area contributed by atoms with E-state index in [4.69, 9.17) is 9.72 Å². The molecule has 1 amide bonds. The molecule has 1 N–H and O–H groups in total. The highest BCUT2D eigenvalue weighted by Crippen LogP contribution is 2.35. The molecule has 4 rings (SSSR count). The Balaban J connectivity index is 1.54. The zero-order valence-corrected chi connectivity index (χ0v) is 15.8. The molecule has 2 heterocycles. The number of hydrogen-bond donors (Lipinski definition) is 1. The van der Waals surface area contributed by atoms with Crippen molar-refractivity contribution in [2.75, 3.05) is 13.2 Å². The molecule has 0 bridgehead atoms. The third kappa shape index (κ3) is 4.49. The quantitative estimate of drug-likeness (QED) is 0.648. The van der Waals surface area contributed by atoms with Crippen LogP contribution in [0.15, 0.2) is 71.8 Å². The maximum absolute atomic E-state index is 13.0. The second-order valence-corrected chi connectivity index (χ2v) is 7.76. The Hall–Kier alpha value is -2.37. The van der Waals surface area contributed by atoms with Gasteiger partial charge in [0.2, 0.25) is 5.91 Å². The largest absolute Gasteiger partial charge is 0.376 e. The van der Waals surface area contributed by atoms with Gasteiger partial charge in [-0.2, -0.15) is 0 Å². The fraction of sp³-hybridized carbons (Fsp3) is 0.273. The highest BCUT2D eigenvalue weighted by molar-refractivity contribution is 8.00. The van der Waals surface area contributed by atoms with Crippen LogP contribution < -0.4 is 5.32 Å². The number of carbonyl (C=O) groups is 1. The number of ether oxygens (including phenoxy) is 1.